The number of hydrogen-bond donors (Lipinski definition) is 1. The van der Waals surface area contributed by atoms with E-state index in [9.17, 15) is 4.79 Å². The molecule has 160 valence electrons. The van der Waals surface area contributed by atoms with Crippen molar-refractivity contribution in [3.63, 3.8) is 0 Å². The summed E-state index contributed by atoms with van der Waals surface area (Å²) >= 11 is 6.17. The maximum absolute atomic E-state index is 12.6. The first-order valence-corrected chi connectivity index (χ1v) is 11.1. The fourth-order valence-electron chi connectivity index (χ4n) is 4.08. The van der Waals surface area contributed by atoms with Crippen LogP contribution in [0.4, 0.5) is 0 Å². The molecule has 0 bridgehead atoms. The molecule has 2 heterocycles. The van der Waals surface area contributed by atoms with Gasteiger partial charge in [-0.3, -0.25) is 9.69 Å². The molecule has 1 unspecified atom stereocenters. The monoisotopic (exact) mass is 434 g/mol. The third-order valence-electron chi connectivity index (χ3n) is 5.72. The highest BCUT2D eigenvalue weighted by atomic mass is 35.5. The molecule has 0 saturated carbocycles. The number of aryl methyl sites for hydroxylation is 1. The number of nitrogens with zero attached hydrogens (tertiary/aromatic N) is 3. The van der Waals surface area contributed by atoms with Crippen molar-refractivity contribution in [2.24, 2.45) is 0 Å². The van der Waals surface area contributed by atoms with E-state index < -0.39 is 0 Å². The second-order valence-electron chi connectivity index (χ2n) is 8.01. The van der Waals surface area contributed by atoms with Crippen LogP contribution in [0.15, 0.2) is 60.8 Å². The third-order valence-corrected chi connectivity index (χ3v) is 5.96. The largest absolute Gasteiger partial charge is 0.348 e. The third kappa shape index (κ3) is 5.49. The predicted octanol–water partition coefficient (Wildman–Crippen LogP) is 5.10. The van der Waals surface area contributed by atoms with Crippen LogP contribution in [-0.2, 0) is 13.1 Å². The lowest BCUT2D eigenvalue weighted by Crippen LogP contribution is -2.34. The minimum absolute atomic E-state index is 0.146. The predicted molar refractivity (Wildman–Crippen MR) is 123 cm³/mol. The zero-order chi connectivity index (χ0) is 21.6. The van der Waals surface area contributed by atoms with Crippen molar-refractivity contribution in [3.05, 3.63) is 94.0 Å². The number of piperidine rings is 1. The van der Waals surface area contributed by atoms with Gasteiger partial charge < -0.3 is 5.32 Å². The minimum Gasteiger partial charge on any atom is -0.348 e. The molecule has 31 heavy (non-hydrogen) atoms. The molecule has 6 heteroatoms. The zero-order valence-electron chi connectivity index (χ0n) is 17.7. The van der Waals surface area contributed by atoms with Gasteiger partial charge in [0, 0.05) is 24.3 Å². The Bertz CT molecular complexity index is 1040. The molecule has 1 aliphatic rings. The van der Waals surface area contributed by atoms with E-state index in [1.54, 1.807) is 6.20 Å². The molecule has 1 amide bonds. The number of nitrogens with one attached hydrogen (secondary N) is 1. The first kappa shape index (κ1) is 21.5. The molecule has 5 nitrogen and oxygen atoms in total. The van der Waals surface area contributed by atoms with Gasteiger partial charge in [-0.05, 0) is 49.6 Å². The lowest BCUT2D eigenvalue weighted by molar-refractivity contribution is 0.0948. The van der Waals surface area contributed by atoms with Crippen LogP contribution >= 0.6 is 11.6 Å². The van der Waals surface area contributed by atoms with Gasteiger partial charge in [-0.25, -0.2) is 9.97 Å². The number of aromatic nitrogens is 2. The molecule has 4 rings (SSSR count). The van der Waals surface area contributed by atoms with E-state index in [1.165, 1.54) is 5.56 Å². The van der Waals surface area contributed by atoms with E-state index in [1.807, 2.05) is 55.5 Å². The van der Waals surface area contributed by atoms with E-state index >= 15 is 0 Å². The summed E-state index contributed by atoms with van der Waals surface area (Å²) in [6, 6.07) is 18.0. The van der Waals surface area contributed by atoms with Crippen molar-refractivity contribution in [3.8, 4) is 0 Å². The Morgan fingerprint density at radius 1 is 1.13 bits per heavy atom. The van der Waals surface area contributed by atoms with Gasteiger partial charge in [-0.15, -0.1) is 0 Å². The Labute approximate surface area is 188 Å². The van der Waals surface area contributed by atoms with Gasteiger partial charge in [-0.2, -0.15) is 0 Å². The second-order valence-corrected chi connectivity index (χ2v) is 8.44. The van der Waals surface area contributed by atoms with Crippen molar-refractivity contribution >= 4 is 17.5 Å². The van der Waals surface area contributed by atoms with Gasteiger partial charge in [0.1, 0.15) is 5.82 Å². The van der Waals surface area contributed by atoms with Gasteiger partial charge in [0.05, 0.1) is 17.3 Å². The molecule has 1 atom stereocenters. The molecule has 1 aliphatic heterocycles. The molecule has 3 aromatic rings. The SMILES string of the molecule is Cc1nc(C2CCCCN2Cc2cccc(Cl)c2)ncc1C(=O)NCc1ccccc1. The van der Waals surface area contributed by atoms with E-state index in [0.717, 1.165) is 48.8 Å². The van der Waals surface area contributed by atoms with Crippen molar-refractivity contribution in [1.82, 2.24) is 20.2 Å². The number of amides is 1. The average Bonchev–Trinajstić information content (AvgIpc) is 2.78. The van der Waals surface area contributed by atoms with Crippen LogP contribution in [-0.4, -0.2) is 27.3 Å². The number of hydrogen-bond acceptors (Lipinski definition) is 4. The fraction of sp³-hybridized carbons (Fsp3) is 0.320. The number of carbonyl (C=O) groups excluding carboxylic acids is 1. The van der Waals surface area contributed by atoms with Gasteiger partial charge >= 0.3 is 0 Å². The van der Waals surface area contributed by atoms with Crippen LogP contribution < -0.4 is 5.32 Å². The zero-order valence-corrected chi connectivity index (χ0v) is 18.5. The molecule has 2 aromatic carbocycles. The second kappa shape index (κ2) is 10.0. The number of carbonyl (C=O) groups is 1. The maximum atomic E-state index is 12.6. The summed E-state index contributed by atoms with van der Waals surface area (Å²) in [7, 11) is 0. The van der Waals surface area contributed by atoms with Gasteiger partial charge in [0.25, 0.3) is 5.91 Å². The normalized spacial score (nSPS) is 16.8. The van der Waals surface area contributed by atoms with Crippen LogP contribution in [0.2, 0.25) is 5.02 Å². The Morgan fingerprint density at radius 3 is 2.71 bits per heavy atom. The van der Waals surface area contributed by atoms with Gasteiger partial charge in [0.15, 0.2) is 0 Å². The van der Waals surface area contributed by atoms with Crippen molar-refractivity contribution in [2.45, 2.75) is 45.3 Å². The van der Waals surface area contributed by atoms with Gasteiger partial charge in [-0.1, -0.05) is 60.5 Å². The molecule has 0 aliphatic carbocycles. The molecular formula is C25H27ClN4O. The smallest absolute Gasteiger partial charge is 0.254 e. The summed E-state index contributed by atoms with van der Waals surface area (Å²) in [6.45, 7) is 4.18. The molecule has 1 fully saturated rings. The molecule has 1 N–H and O–H groups in total. The summed E-state index contributed by atoms with van der Waals surface area (Å²) in [5.41, 5.74) is 3.48. The Morgan fingerprint density at radius 2 is 1.94 bits per heavy atom. The fourth-order valence-corrected chi connectivity index (χ4v) is 4.30. The molecule has 1 aromatic heterocycles. The van der Waals surface area contributed by atoms with Crippen molar-refractivity contribution in [2.75, 3.05) is 6.54 Å². The van der Waals surface area contributed by atoms with E-state index in [0.29, 0.717) is 17.8 Å². The van der Waals surface area contributed by atoms with Crippen LogP contribution in [0.3, 0.4) is 0 Å². The lowest BCUT2D eigenvalue weighted by Gasteiger charge is -2.34. The number of benzene rings is 2. The van der Waals surface area contributed by atoms with E-state index in [-0.39, 0.29) is 11.9 Å². The van der Waals surface area contributed by atoms with E-state index in [2.05, 4.69) is 21.3 Å². The summed E-state index contributed by atoms with van der Waals surface area (Å²) in [4.78, 5) is 24.4. The van der Waals surface area contributed by atoms with E-state index in [4.69, 9.17) is 16.6 Å². The lowest BCUT2D eigenvalue weighted by atomic mass is 10.00. The molecule has 0 radical (unpaired) electrons. The Balaban J connectivity index is 1.47. The number of likely N-dealkylation sites (tertiary alicyclic amines) is 1. The van der Waals surface area contributed by atoms with Crippen molar-refractivity contribution < 1.29 is 4.79 Å². The van der Waals surface area contributed by atoms with Crippen LogP contribution in [0.5, 0.6) is 0 Å². The topological polar surface area (TPSA) is 58.1 Å². The molecule has 0 spiro atoms. The maximum Gasteiger partial charge on any atom is 0.254 e. The summed E-state index contributed by atoms with van der Waals surface area (Å²) in [5, 5.41) is 3.71. The first-order chi connectivity index (χ1) is 15.1. The average molecular weight is 435 g/mol. The van der Waals surface area contributed by atoms with Crippen molar-refractivity contribution in [1.29, 1.82) is 0 Å². The number of halogens is 1. The minimum atomic E-state index is -0.146. The van der Waals surface area contributed by atoms with Crippen LogP contribution in [0.1, 0.15) is 58.3 Å². The highest BCUT2D eigenvalue weighted by molar-refractivity contribution is 6.30. The molecule has 1 saturated heterocycles. The summed E-state index contributed by atoms with van der Waals surface area (Å²) in [5.74, 6) is 0.645. The summed E-state index contributed by atoms with van der Waals surface area (Å²) < 4.78 is 0. The highest BCUT2D eigenvalue weighted by Crippen LogP contribution is 2.31. The molecular weight excluding hydrogens is 408 g/mol. The van der Waals surface area contributed by atoms with Crippen LogP contribution in [0.25, 0.3) is 0 Å². The first-order valence-electron chi connectivity index (χ1n) is 10.7. The number of rotatable bonds is 6. The van der Waals surface area contributed by atoms with Crippen LogP contribution in [0, 0.1) is 6.92 Å². The standard InChI is InChI=1S/C25H27ClN4O/c1-18-22(25(31)28-15-19-8-3-2-4-9-19)16-27-24(29-18)23-12-5-6-13-30(23)17-20-10-7-11-21(26)14-20/h2-4,7-11,14,16,23H,5-6,12-13,15,17H2,1H3,(H,28,31). The highest BCUT2D eigenvalue weighted by Gasteiger charge is 2.27. The quantitative estimate of drug-likeness (QED) is 0.586. The Hall–Kier alpha value is -2.76. The Kier molecular flexibility index (Phi) is 6.95. The van der Waals surface area contributed by atoms with Gasteiger partial charge in [0.2, 0.25) is 0 Å². The summed E-state index contributed by atoms with van der Waals surface area (Å²) in [6.07, 6.45) is 5.00.